The summed E-state index contributed by atoms with van der Waals surface area (Å²) in [6.45, 7) is 0. The average molecular weight is 398 g/mol. The van der Waals surface area contributed by atoms with Gasteiger partial charge >= 0.3 is 6.18 Å². The Kier molecular flexibility index (Phi) is 4.69. The van der Waals surface area contributed by atoms with Crippen LogP contribution in [0.2, 0.25) is 0 Å². The Balaban J connectivity index is 2.27. The summed E-state index contributed by atoms with van der Waals surface area (Å²) in [5.41, 5.74) is -1.54. The summed E-state index contributed by atoms with van der Waals surface area (Å²) >= 11 is 2.70. The van der Waals surface area contributed by atoms with Crippen molar-refractivity contribution in [2.75, 3.05) is 5.32 Å². The van der Waals surface area contributed by atoms with Gasteiger partial charge in [-0.2, -0.15) is 13.2 Å². The number of anilines is 1. The number of carbonyl (C=O) groups excluding carboxylic acids is 1. The molecule has 2 rings (SSSR count). The van der Waals surface area contributed by atoms with Gasteiger partial charge in [-0.3, -0.25) is 4.79 Å². The highest BCUT2D eigenvalue weighted by molar-refractivity contribution is 9.10. The first-order chi connectivity index (χ1) is 10.6. The van der Waals surface area contributed by atoms with Crippen LogP contribution in [0.1, 0.15) is 15.9 Å². The summed E-state index contributed by atoms with van der Waals surface area (Å²) in [5, 5.41) is 2.06. The Morgan fingerprint density at radius 2 is 1.57 bits per heavy atom. The van der Waals surface area contributed by atoms with E-state index in [9.17, 15) is 31.1 Å². The number of amides is 1. The third kappa shape index (κ3) is 3.84. The number of benzene rings is 2. The van der Waals surface area contributed by atoms with Crippen molar-refractivity contribution in [1.82, 2.24) is 0 Å². The topological polar surface area (TPSA) is 29.1 Å². The van der Waals surface area contributed by atoms with Crippen molar-refractivity contribution in [2.45, 2.75) is 6.18 Å². The van der Waals surface area contributed by atoms with E-state index in [4.69, 9.17) is 0 Å². The van der Waals surface area contributed by atoms with E-state index in [1.165, 1.54) is 0 Å². The van der Waals surface area contributed by atoms with Gasteiger partial charge in [0.1, 0.15) is 0 Å². The summed E-state index contributed by atoms with van der Waals surface area (Å²) in [6.07, 6.45) is -4.60. The van der Waals surface area contributed by atoms with Crippen molar-refractivity contribution < 1.29 is 31.1 Å². The van der Waals surface area contributed by atoms with Gasteiger partial charge in [-0.05, 0) is 18.2 Å². The van der Waals surface area contributed by atoms with Crippen LogP contribution in [0.5, 0.6) is 0 Å². The second-order valence-corrected chi connectivity index (χ2v) is 5.25. The van der Waals surface area contributed by atoms with Gasteiger partial charge in [-0.1, -0.05) is 15.9 Å². The molecule has 122 valence electrons. The molecule has 0 saturated heterocycles. The fourth-order valence-electron chi connectivity index (χ4n) is 1.72. The lowest BCUT2D eigenvalue weighted by Crippen LogP contribution is -2.14. The highest BCUT2D eigenvalue weighted by Crippen LogP contribution is 2.35. The molecule has 0 atom stereocenters. The first kappa shape index (κ1) is 17.3. The molecule has 2 nitrogen and oxygen atoms in total. The summed E-state index contributed by atoms with van der Waals surface area (Å²) < 4.78 is 76.3. The molecule has 0 aliphatic carbocycles. The Morgan fingerprint density at radius 3 is 2.04 bits per heavy atom. The third-order valence-electron chi connectivity index (χ3n) is 2.78. The molecule has 23 heavy (non-hydrogen) atoms. The van der Waals surface area contributed by atoms with Gasteiger partial charge in [0.25, 0.3) is 5.91 Å². The minimum atomic E-state index is -4.60. The number of hydrogen-bond acceptors (Lipinski definition) is 1. The number of nitrogens with one attached hydrogen (secondary N) is 1. The van der Waals surface area contributed by atoms with Gasteiger partial charge in [0, 0.05) is 27.9 Å². The lowest BCUT2D eigenvalue weighted by atomic mass is 10.1. The quantitative estimate of drug-likeness (QED) is 0.551. The number of hydrogen-bond donors (Lipinski definition) is 1. The second-order valence-electron chi connectivity index (χ2n) is 4.40. The molecule has 0 unspecified atom stereocenters. The maximum absolute atomic E-state index is 13.0. The summed E-state index contributed by atoms with van der Waals surface area (Å²) in [4.78, 5) is 11.9. The highest BCUT2D eigenvalue weighted by Gasteiger charge is 2.33. The zero-order valence-electron chi connectivity index (χ0n) is 10.9. The van der Waals surface area contributed by atoms with Crippen LogP contribution in [0.3, 0.4) is 0 Å². The molecule has 0 aliphatic rings. The van der Waals surface area contributed by atoms with Crippen molar-refractivity contribution in [2.24, 2.45) is 0 Å². The van der Waals surface area contributed by atoms with E-state index >= 15 is 0 Å². The van der Waals surface area contributed by atoms with Gasteiger partial charge in [-0.15, -0.1) is 0 Å². The Morgan fingerprint density at radius 1 is 1.00 bits per heavy atom. The highest BCUT2D eigenvalue weighted by atomic mass is 79.9. The number of halogens is 7. The predicted molar refractivity (Wildman–Crippen MR) is 73.4 cm³/mol. The van der Waals surface area contributed by atoms with Crippen LogP contribution in [-0.2, 0) is 6.18 Å². The van der Waals surface area contributed by atoms with Crippen molar-refractivity contribution in [1.29, 1.82) is 0 Å². The van der Waals surface area contributed by atoms with E-state index in [0.717, 1.165) is 12.1 Å². The monoisotopic (exact) mass is 397 g/mol. The number of rotatable bonds is 2. The van der Waals surface area contributed by atoms with Crippen LogP contribution in [0.25, 0.3) is 0 Å². The molecule has 0 aromatic heterocycles. The molecule has 1 N–H and O–H groups in total. The smallest absolute Gasteiger partial charge is 0.322 e. The maximum Gasteiger partial charge on any atom is 0.417 e. The van der Waals surface area contributed by atoms with E-state index in [1.807, 2.05) is 0 Å². The lowest BCUT2D eigenvalue weighted by molar-refractivity contribution is -0.138. The van der Waals surface area contributed by atoms with Crippen molar-refractivity contribution >= 4 is 27.5 Å². The number of carbonyl (C=O) groups is 1. The molecule has 0 aliphatic heterocycles. The van der Waals surface area contributed by atoms with Gasteiger partial charge in [-0.25, -0.2) is 13.2 Å². The maximum atomic E-state index is 13.0. The minimum Gasteiger partial charge on any atom is -0.322 e. The fourth-order valence-corrected chi connectivity index (χ4v) is 2.32. The van der Waals surface area contributed by atoms with Crippen molar-refractivity contribution in [3.8, 4) is 0 Å². The van der Waals surface area contributed by atoms with Crippen molar-refractivity contribution in [3.63, 3.8) is 0 Å². The molecule has 2 aromatic carbocycles. The summed E-state index contributed by atoms with van der Waals surface area (Å²) in [6, 6.07) is 3.60. The van der Waals surface area contributed by atoms with Gasteiger partial charge in [0.15, 0.2) is 17.5 Å². The SMILES string of the molecule is O=C(Nc1cc(F)c(F)c(F)c1)c1ccc(C(F)(F)F)c(Br)c1. The second kappa shape index (κ2) is 6.23. The van der Waals surface area contributed by atoms with Crippen LogP contribution >= 0.6 is 15.9 Å². The number of alkyl halides is 3. The minimum absolute atomic E-state index is 0.185. The van der Waals surface area contributed by atoms with Crippen LogP contribution < -0.4 is 5.32 Å². The molecule has 9 heteroatoms. The zero-order chi connectivity index (χ0) is 17.4. The van der Waals surface area contributed by atoms with Crippen molar-refractivity contribution in [3.05, 3.63) is 63.4 Å². The first-order valence-corrected chi connectivity index (χ1v) is 6.71. The molecule has 1 amide bonds. The van der Waals surface area contributed by atoms with Crippen LogP contribution in [0.4, 0.5) is 32.0 Å². The molecule has 0 spiro atoms. The molecule has 2 aromatic rings. The molecule has 0 heterocycles. The molecule has 0 saturated carbocycles. The standard InChI is InChI=1S/C14H6BrF6NO/c15-9-3-6(1-2-8(9)14(19,20)21)13(23)22-7-4-10(16)12(18)11(17)5-7/h1-5H,(H,22,23). The molecule has 0 bridgehead atoms. The lowest BCUT2D eigenvalue weighted by Gasteiger charge is -2.11. The molecular weight excluding hydrogens is 392 g/mol. The summed E-state index contributed by atoms with van der Waals surface area (Å²) in [7, 11) is 0. The van der Waals surface area contributed by atoms with E-state index in [1.54, 1.807) is 0 Å². The van der Waals surface area contributed by atoms with E-state index < -0.39 is 35.1 Å². The Bertz CT molecular complexity index is 751. The normalized spacial score (nSPS) is 11.4. The fraction of sp³-hybridized carbons (Fsp3) is 0.0714. The Labute approximate surface area is 134 Å². The van der Waals surface area contributed by atoms with Gasteiger partial charge in [0.2, 0.25) is 0 Å². The third-order valence-corrected chi connectivity index (χ3v) is 3.43. The van der Waals surface area contributed by atoms with Crippen LogP contribution in [0.15, 0.2) is 34.8 Å². The Hall–Kier alpha value is -2.03. The zero-order valence-corrected chi connectivity index (χ0v) is 12.5. The van der Waals surface area contributed by atoms with E-state index in [2.05, 4.69) is 21.2 Å². The van der Waals surface area contributed by atoms with E-state index in [-0.39, 0.29) is 15.7 Å². The summed E-state index contributed by atoms with van der Waals surface area (Å²) in [5.74, 6) is -5.62. The predicted octanol–water partition coefficient (Wildman–Crippen LogP) is 5.14. The molecule has 0 radical (unpaired) electrons. The van der Waals surface area contributed by atoms with Gasteiger partial charge in [0.05, 0.1) is 5.56 Å². The first-order valence-electron chi connectivity index (χ1n) is 5.92. The van der Waals surface area contributed by atoms with Crippen LogP contribution in [-0.4, -0.2) is 5.91 Å². The molecule has 0 fully saturated rings. The van der Waals surface area contributed by atoms with E-state index in [0.29, 0.717) is 18.2 Å². The van der Waals surface area contributed by atoms with Gasteiger partial charge < -0.3 is 5.32 Å². The molecular formula is C14H6BrF6NO. The van der Waals surface area contributed by atoms with Crippen LogP contribution in [0, 0.1) is 17.5 Å². The largest absolute Gasteiger partial charge is 0.417 e. The average Bonchev–Trinajstić information content (AvgIpc) is 2.43.